The maximum Gasteiger partial charge on any atom is 0.180 e. The van der Waals surface area contributed by atoms with E-state index in [1.54, 1.807) is 106 Å². The van der Waals surface area contributed by atoms with E-state index in [1.165, 1.54) is 30.5 Å². The van der Waals surface area contributed by atoms with Crippen molar-refractivity contribution in [2.24, 2.45) is 35.2 Å². The molecule has 0 fully saturated rings. The molecule has 0 aromatic carbocycles. The van der Waals surface area contributed by atoms with Gasteiger partial charge >= 0.3 is 0 Å². The third-order valence-electron chi connectivity index (χ3n) is 5.66. The summed E-state index contributed by atoms with van der Waals surface area (Å²) < 4.78 is 26.5. The van der Waals surface area contributed by atoms with Crippen LogP contribution in [0, 0.1) is 0 Å². The van der Waals surface area contributed by atoms with Crippen LogP contribution in [-0.4, -0.2) is 57.7 Å². The summed E-state index contributed by atoms with van der Waals surface area (Å²) in [7, 11) is 9.72. The number of thiophene rings is 1. The van der Waals surface area contributed by atoms with Crippen LogP contribution < -0.4 is 0 Å². The first-order valence-corrected chi connectivity index (χ1v) is 39.4. The first kappa shape index (κ1) is 142. The van der Waals surface area contributed by atoms with E-state index in [4.69, 9.17) is 0 Å². The van der Waals surface area contributed by atoms with E-state index >= 15 is 0 Å². The zero-order chi connectivity index (χ0) is 81.2. The maximum atomic E-state index is 4.58. The number of aromatic nitrogens is 12. The first-order chi connectivity index (χ1) is 48.5. The highest BCUT2D eigenvalue weighted by Crippen LogP contribution is 1.91. The fraction of sp³-hybridized carbons (Fsp3) is 0.537. The van der Waals surface area contributed by atoms with E-state index in [1.807, 2.05) is 444 Å². The van der Waals surface area contributed by atoms with Crippen LogP contribution in [0.2, 0.25) is 0 Å². The largest absolute Gasteiger partial charge is 0.473 e. The molecule has 0 aliphatic heterocycles. The molecule has 0 bridgehead atoms. The van der Waals surface area contributed by atoms with Gasteiger partial charge in [0.1, 0.15) is 12.5 Å². The van der Waals surface area contributed by atoms with Gasteiger partial charge in [0.25, 0.3) is 0 Å². The van der Waals surface area contributed by atoms with Crippen molar-refractivity contribution in [2.45, 2.75) is 263 Å². The highest BCUT2D eigenvalue weighted by atomic mass is 32.1. The van der Waals surface area contributed by atoms with Gasteiger partial charge in [0.2, 0.25) is 0 Å². The van der Waals surface area contributed by atoms with Gasteiger partial charge in [-0.3, -0.25) is 14.3 Å². The summed E-state index contributed by atoms with van der Waals surface area (Å²) in [5, 5.41) is 19.0. The topological polar surface area (TPSA) is 154 Å². The zero-order valence-corrected chi connectivity index (χ0v) is 74.6. The fourth-order valence-electron chi connectivity index (χ4n) is 3.01. The van der Waals surface area contributed by atoms with Crippen molar-refractivity contribution in [3.8, 4) is 0 Å². The molecule has 11 heterocycles. The SMILES string of the molecule is CC.CC.CC.CC.CC.CC.CC.CC.CC.CC.CC.CC.CC.CC.CC.CC.CC.CC.CC.Cn1cccc1.Cn1cccc1.Cn1cccn1.Cn1cccn1.Cn1ccnc1.c1ccoc1.c1ccsc1.c1cnoc1.c1cnsc1.c1cocn1.c1cscn1. The van der Waals surface area contributed by atoms with Crippen molar-refractivity contribution >= 4 is 34.2 Å². The lowest BCUT2D eigenvalue weighted by molar-refractivity contribution is 0.420. The van der Waals surface area contributed by atoms with Gasteiger partial charge in [-0.2, -0.15) is 21.5 Å². The molecule has 0 spiro atoms. The molecule has 582 valence electrons. The predicted octanol–water partition coefficient (Wildman–Crippen LogP) is 29.5. The Balaban J connectivity index is -0.0000000393. The van der Waals surface area contributed by atoms with Crippen LogP contribution in [0.4, 0.5) is 0 Å². The third-order valence-corrected chi connectivity index (χ3v) is 7.33. The Hall–Kier alpha value is -7.15. The molecule has 0 saturated heterocycles. The summed E-state index contributed by atoms with van der Waals surface area (Å²) >= 11 is 4.78. The van der Waals surface area contributed by atoms with Gasteiger partial charge < -0.3 is 27.1 Å². The van der Waals surface area contributed by atoms with Crippen LogP contribution >= 0.6 is 34.2 Å². The highest BCUT2D eigenvalue weighted by Gasteiger charge is 1.72. The van der Waals surface area contributed by atoms with E-state index < -0.39 is 0 Å². The van der Waals surface area contributed by atoms with Crippen LogP contribution in [0.15, 0.2) is 238 Å². The number of hydrogen-bond acceptors (Lipinski definition) is 13. The molecular formula is C80H166N12O3S3. The van der Waals surface area contributed by atoms with Crippen LogP contribution in [0.5, 0.6) is 0 Å². The van der Waals surface area contributed by atoms with Gasteiger partial charge in [-0.1, -0.05) is 280 Å². The number of nitrogens with zero attached hydrogens (tertiary/aromatic N) is 12. The predicted molar refractivity (Wildman–Crippen MR) is 456 cm³/mol. The van der Waals surface area contributed by atoms with E-state index in [2.05, 4.69) is 48.0 Å². The highest BCUT2D eigenvalue weighted by molar-refractivity contribution is 7.07. The van der Waals surface area contributed by atoms with Crippen LogP contribution in [0.1, 0.15) is 263 Å². The summed E-state index contributed by atoms with van der Waals surface area (Å²) in [6.45, 7) is 76.0. The molecule has 11 aromatic heterocycles. The molecule has 0 unspecified atom stereocenters. The van der Waals surface area contributed by atoms with Crippen LogP contribution in [0.3, 0.4) is 0 Å². The second-order valence-corrected chi connectivity index (χ2v) is 12.9. The van der Waals surface area contributed by atoms with E-state index in [0.717, 1.165) is 0 Å². The average molecular weight is 1440 g/mol. The molecule has 0 aliphatic rings. The monoisotopic (exact) mass is 1440 g/mol. The minimum Gasteiger partial charge on any atom is -0.473 e. The molecule has 0 N–H and O–H groups in total. The van der Waals surface area contributed by atoms with Gasteiger partial charge in [-0.05, 0) is 83.0 Å². The summed E-state index contributed by atoms with van der Waals surface area (Å²) in [5.41, 5.74) is 1.79. The molecule has 0 aliphatic carbocycles. The number of hydrogen-bond donors (Lipinski definition) is 0. The summed E-state index contributed by atoms with van der Waals surface area (Å²) in [5.74, 6) is 0. The Morgan fingerprint density at radius 1 is 0.265 bits per heavy atom. The van der Waals surface area contributed by atoms with Crippen molar-refractivity contribution < 1.29 is 13.4 Å². The summed E-state index contributed by atoms with van der Waals surface area (Å²) in [6, 6.07) is 23.1. The molecule has 11 aromatic rings. The molecule has 11 rings (SSSR count). The average Bonchev–Trinajstić information content (AvgIpc) is 4.54. The van der Waals surface area contributed by atoms with Gasteiger partial charge in [-0.25, -0.2) is 14.3 Å². The minimum atomic E-state index is 1.38. The van der Waals surface area contributed by atoms with E-state index in [9.17, 15) is 0 Å². The molecule has 98 heavy (non-hydrogen) atoms. The molecule has 0 amide bonds. The number of imidazole rings is 1. The van der Waals surface area contributed by atoms with E-state index in [0.29, 0.717) is 0 Å². The lowest BCUT2D eigenvalue weighted by Gasteiger charge is -1.79. The number of thiazole rings is 1. The van der Waals surface area contributed by atoms with Gasteiger partial charge in [0.15, 0.2) is 6.39 Å². The third kappa shape index (κ3) is 205. The summed E-state index contributed by atoms with van der Waals surface area (Å²) in [6.07, 6.45) is 35.0. The number of oxazole rings is 1. The smallest absolute Gasteiger partial charge is 0.180 e. The Bertz CT molecular complexity index is 1660. The van der Waals surface area contributed by atoms with Crippen molar-refractivity contribution in [1.29, 1.82) is 0 Å². The van der Waals surface area contributed by atoms with Crippen molar-refractivity contribution in [3.05, 3.63) is 224 Å². The van der Waals surface area contributed by atoms with Gasteiger partial charge in [0, 0.05) is 120 Å². The molecule has 0 radical (unpaired) electrons. The zero-order valence-electron chi connectivity index (χ0n) is 72.2. The maximum absolute atomic E-state index is 4.58. The Morgan fingerprint density at radius 2 is 0.663 bits per heavy atom. The van der Waals surface area contributed by atoms with Crippen molar-refractivity contribution in [1.82, 2.24) is 57.7 Å². The summed E-state index contributed by atoms with van der Waals surface area (Å²) in [4.78, 5) is 11.1. The quantitative estimate of drug-likeness (QED) is 0.143. The molecule has 15 nitrogen and oxygen atoms in total. The Labute approximate surface area is 624 Å². The van der Waals surface area contributed by atoms with Crippen LogP contribution in [-0.2, 0) is 35.2 Å². The molecule has 0 saturated carbocycles. The van der Waals surface area contributed by atoms with Gasteiger partial charge in [0.05, 0.1) is 36.8 Å². The number of furan rings is 1. The Morgan fingerprint density at radius 3 is 0.755 bits per heavy atom. The van der Waals surface area contributed by atoms with Crippen molar-refractivity contribution in [2.75, 3.05) is 0 Å². The van der Waals surface area contributed by atoms with Crippen LogP contribution in [0.25, 0.3) is 0 Å². The van der Waals surface area contributed by atoms with E-state index in [-0.39, 0.29) is 0 Å². The number of aryl methyl sites for hydroxylation is 5. The fourth-order valence-corrected chi connectivity index (χ4v) is 4.17. The first-order valence-electron chi connectivity index (χ1n) is 36.7. The normalized spacial score (nSPS) is 6.32. The molecule has 18 heteroatoms. The van der Waals surface area contributed by atoms with Crippen molar-refractivity contribution in [3.63, 3.8) is 0 Å². The minimum absolute atomic E-state index is 1.38. The standard InChI is InChI=1S/2C5H7N.3C4H6N2.C4H4O.C4H4S.2C3H3NO.2C3H3NS.19C2H6/c2*1-6-4-2-3-5-6;1-6-3-2-5-4-6;2*1-6-4-2-3-5-6;2*1-2-4-5-3-1;1-2-5-3-4-1;1-2-4-5-3-1;1-2-5-3-4-1;1-2-4-5-3-1;19*1-2/h2*2-5H,1H3;3*2-4H,1H3;2*1-4H;4*1-3H;19*1-2H3. The lowest BCUT2D eigenvalue weighted by atomic mass is 10.7. The van der Waals surface area contributed by atoms with Gasteiger partial charge in [-0.15, -0.1) is 11.3 Å². The number of rotatable bonds is 0. The second kappa shape index (κ2) is 212. The molecular weight excluding hydrogens is 1270 g/mol. The lowest BCUT2D eigenvalue weighted by Crippen LogP contribution is -1.83. The molecule has 0 atom stereocenters. The second-order valence-electron chi connectivity index (χ2n) is 10.6. The Kier molecular flexibility index (Phi) is 307.